The molecule has 0 radical (unpaired) electrons. The molecule has 0 heterocycles. The fraction of sp³-hybridized carbons (Fsp3) is 0.700. The highest BCUT2D eigenvalue weighted by molar-refractivity contribution is 5.33. The Bertz CT molecular complexity index is 387. The van der Waals surface area contributed by atoms with Crippen LogP contribution in [0.25, 0.3) is 0 Å². The summed E-state index contributed by atoms with van der Waals surface area (Å²) in [6.07, 6.45) is 13.9. The molecule has 1 aliphatic rings. The second kappa shape index (κ2) is 8.46. The quantitative estimate of drug-likeness (QED) is 0.513. The zero-order valence-electron chi connectivity index (χ0n) is 14.0. The van der Waals surface area contributed by atoms with Gasteiger partial charge >= 0.3 is 0 Å². The second-order valence-electron chi connectivity index (χ2n) is 6.61. The Morgan fingerprint density at radius 2 is 1.62 bits per heavy atom. The van der Waals surface area contributed by atoms with Crippen LogP contribution in [-0.2, 0) is 5.41 Å². The van der Waals surface area contributed by atoms with Gasteiger partial charge in [0.15, 0.2) is 0 Å². The Morgan fingerprint density at radius 1 is 0.905 bits per heavy atom. The summed E-state index contributed by atoms with van der Waals surface area (Å²) in [4.78, 5) is 0. The van der Waals surface area contributed by atoms with Gasteiger partial charge in [-0.1, -0.05) is 64.0 Å². The SMILES string of the molecule is CCCCCCC1(c2ccc(OCC)cc2)CCCCC1. The average Bonchev–Trinajstić information content (AvgIpc) is 2.54. The molecule has 0 N–H and O–H groups in total. The number of hydrogen-bond acceptors (Lipinski definition) is 1. The van der Waals surface area contributed by atoms with E-state index in [4.69, 9.17) is 4.74 Å². The first-order chi connectivity index (χ1) is 10.3. The minimum atomic E-state index is 0.455. The van der Waals surface area contributed by atoms with Crippen LogP contribution >= 0.6 is 0 Å². The lowest BCUT2D eigenvalue weighted by Crippen LogP contribution is -2.29. The van der Waals surface area contributed by atoms with Crippen molar-refractivity contribution in [3.8, 4) is 5.75 Å². The van der Waals surface area contributed by atoms with Gasteiger partial charge in [-0.05, 0) is 49.3 Å². The van der Waals surface area contributed by atoms with Crippen LogP contribution in [0.4, 0.5) is 0 Å². The Balaban J connectivity index is 2.06. The lowest BCUT2D eigenvalue weighted by Gasteiger charge is -2.38. The van der Waals surface area contributed by atoms with E-state index in [1.165, 1.54) is 64.2 Å². The van der Waals surface area contributed by atoms with E-state index in [1.54, 1.807) is 5.56 Å². The van der Waals surface area contributed by atoms with Gasteiger partial charge in [0, 0.05) is 0 Å². The maximum Gasteiger partial charge on any atom is 0.119 e. The highest BCUT2D eigenvalue weighted by Crippen LogP contribution is 2.43. The highest BCUT2D eigenvalue weighted by Gasteiger charge is 2.33. The summed E-state index contributed by atoms with van der Waals surface area (Å²) in [5.41, 5.74) is 2.01. The standard InChI is InChI=1S/C20H32O/c1-3-5-6-8-15-20(16-9-7-10-17-20)18-11-13-19(14-12-18)21-4-2/h11-14H,3-10,15-17H2,1-2H3. The third kappa shape index (κ3) is 4.49. The average molecular weight is 288 g/mol. The smallest absolute Gasteiger partial charge is 0.119 e. The molecule has 0 bridgehead atoms. The van der Waals surface area contributed by atoms with E-state index in [9.17, 15) is 0 Å². The Kier molecular flexibility index (Phi) is 6.60. The summed E-state index contributed by atoms with van der Waals surface area (Å²) in [6, 6.07) is 8.99. The molecule has 1 aliphatic carbocycles. The van der Waals surface area contributed by atoms with Gasteiger partial charge in [0.25, 0.3) is 0 Å². The van der Waals surface area contributed by atoms with Crippen LogP contribution in [0.5, 0.6) is 5.75 Å². The van der Waals surface area contributed by atoms with E-state index in [1.807, 2.05) is 6.92 Å². The molecule has 0 unspecified atom stereocenters. The van der Waals surface area contributed by atoms with E-state index in [0.717, 1.165) is 12.4 Å². The molecule has 0 aliphatic heterocycles. The van der Waals surface area contributed by atoms with E-state index in [2.05, 4.69) is 31.2 Å². The maximum atomic E-state index is 5.59. The van der Waals surface area contributed by atoms with Gasteiger partial charge in [0.05, 0.1) is 6.61 Å². The molecule has 1 aromatic rings. The van der Waals surface area contributed by atoms with Gasteiger partial charge in [-0.2, -0.15) is 0 Å². The molecule has 0 spiro atoms. The van der Waals surface area contributed by atoms with Crippen LogP contribution in [-0.4, -0.2) is 6.61 Å². The van der Waals surface area contributed by atoms with E-state index >= 15 is 0 Å². The number of hydrogen-bond donors (Lipinski definition) is 0. The summed E-state index contributed by atoms with van der Waals surface area (Å²) in [6.45, 7) is 5.09. The first-order valence-corrected chi connectivity index (χ1v) is 9.04. The van der Waals surface area contributed by atoms with E-state index < -0.39 is 0 Å². The monoisotopic (exact) mass is 288 g/mol. The van der Waals surface area contributed by atoms with E-state index in [-0.39, 0.29) is 0 Å². The van der Waals surface area contributed by atoms with E-state index in [0.29, 0.717) is 5.41 Å². The van der Waals surface area contributed by atoms with Gasteiger partial charge in [0.2, 0.25) is 0 Å². The number of unbranched alkanes of at least 4 members (excludes halogenated alkanes) is 3. The molecule has 1 nitrogen and oxygen atoms in total. The van der Waals surface area contributed by atoms with Crippen molar-refractivity contribution in [1.29, 1.82) is 0 Å². The highest BCUT2D eigenvalue weighted by atomic mass is 16.5. The molecule has 1 saturated carbocycles. The fourth-order valence-electron chi connectivity index (χ4n) is 3.87. The molecule has 2 rings (SSSR count). The van der Waals surface area contributed by atoms with Crippen molar-refractivity contribution in [2.45, 2.75) is 83.5 Å². The van der Waals surface area contributed by atoms with Gasteiger partial charge in [-0.25, -0.2) is 0 Å². The largest absolute Gasteiger partial charge is 0.494 e. The van der Waals surface area contributed by atoms with Gasteiger partial charge in [0.1, 0.15) is 5.75 Å². The van der Waals surface area contributed by atoms with Crippen LogP contribution in [0.2, 0.25) is 0 Å². The van der Waals surface area contributed by atoms with Crippen molar-refractivity contribution in [3.05, 3.63) is 29.8 Å². The first kappa shape index (κ1) is 16.4. The molecule has 21 heavy (non-hydrogen) atoms. The van der Waals surface area contributed by atoms with Crippen molar-refractivity contribution >= 4 is 0 Å². The van der Waals surface area contributed by atoms with Crippen LogP contribution in [0.1, 0.15) is 83.6 Å². The minimum Gasteiger partial charge on any atom is -0.494 e. The Hall–Kier alpha value is -0.980. The topological polar surface area (TPSA) is 9.23 Å². The molecule has 0 aromatic heterocycles. The van der Waals surface area contributed by atoms with Crippen molar-refractivity contribution in [2.24, 2.45) is 0 Å². The predicted octanol–water partition coefficient (Wildman–Crippen LogP) is 6.26. The Morgan fingerprint density at radius 3 is 2.24 bits per heavy atom. The first-order valence-electron chi connectivity index (χ1n) is 9.04. The zero-order valence-corrected chi connectivity index (χ0v) is 14.0. The van der Waals surface area contributed by atoms with Gasteiger partial charge in [-0.15, -0.1) is 0 Å². The third-order valence-corrected chi connectivity index (χ3v) is 5.10. The number of rotatable bonds is 8. The van der Waals surface area contributed by atoms with Crippen molar-refractivity contribution in [2.75, 3.05) is 6.61 Å². The van der Waals surface area contributed by atoms with Crippen LogP contribution < -0.4 is 4.74 Å². The molecule has 1 fully saturated rings. The van der Waals surface area contributed by atoms with Crippen molar-refractivity contribution in [1.82, 2.24) is 0 Å². The van der Waals surface area contributed by atoms with Crippen molar-refractivity contribution < 1.29 is 4.74 Å². The van der Waals surface area contributed by atoms with Crippen molar-refractivity contribution in [3.63, 3.8) is 0 Å². The fourth-order valence-corrected chi connectivity index (χ4v) is 3.87. The van der Waals surface area contributed by atoms with Crippen LogP contribution in [0, 0.1) is 0 Å². The molecule has 1 heteroatoms. The predicted molar refractivity (Wildman–Crippen MR) is 91.1 cm³/mol. The minimum absolute atomic E-state index is 0.455. The summed E-state index contributed by atoms with van der Waals surface area (Å²) < 4.78 is 5.59. The molecule has 0 atom stereocenters. The Labute approximate surface area is 131 Å². The van der Waals surface area contributed by atoms with Crippen LogP contribution in [0.3, 0.4) is 0 Å². The van der Waals surface area contributed by atoms with Crippen LogP contribution in [0.15, 0.2) is 24.3 Å². The second-order valence-corrected chi connectivity index (χ2v) is 6.61. The molecular weight excluding hydrogens is 256 g/mol. The molecular formula is C20H32O. The van der Waals surface area contributed by atoms with Gasteiger partial charge in [-0.3, -0.25) is 0 Å². The molecule has 0 amide bonds. The summed E-state index contributed by atoms with van der Waals surface area (Å²) in [7, 11) is 0. The molecule has 118 valence electrons. The number of benzene rings is 1. The lowest BCUT2D eigenvalue weighted by molar-refractivity contribution is 0.265. The number of ether oxygens (including phenoxy) is 1. The molecule has 1 aromatic carbocycles. The zero-order chi connectivity index (χ0) is 15.0. The summed E-state index contributed by atoms with van der Waals surface area (Å²) in [5, 5.41) is 0. The summed E-state index contributed by atoms with van der Waals surface area (Å²) in [5.74, 6) is 1.01. The normalized spacial score (nSPS) is 17.6. The summed E-state index contributed by atoms with van der Waals surface area (Å²) >= 11 is 0. The molecule has 0 saturated heterocycles. The lowest BCUT2D eigenvalue weighted by atomic mass is 9.66. The maximum absolute atomic E-state index is 5.59. The third-order valence-electron chi connectivity index (χ3n) is 5.10. The van der Waals surface area contributed by atoms with Gasteiger partial charge < -0.3 is 4.74 Å².